The van der Waals surface area contributed by atoms with E-state index in [0.29, 0.717) is 37.8 Å². The van der Waals surface area contributed by atoms with E-state index in [2.05, 4.69) is 15.0 Å². The first kappa shape index (κ1) is 22.9. The van der Waals surface area contributed by atoms with Crippen LogP contribution >= 0.6 is 0 Å². The van der Waals surface area contributed by atoms with E-state index in [9.17, 15) is 9.50 Å². The van der Waals surface area contributed by atoms with Crippen molar-refractivity contribution in [3.63, 3.8) is 0 Å². The Balaban J connectivity index is 1.41. The lowest BCUT2D eigenvalue weighted by atomic mass is 10.0. The summed E-state index contributed by atoms with van der Waals surface area (Å²) in [5.74, 6) is -0.0571. The first-order valence-corrected chi connectivity index (χ1v) is 11.8. The van der Waals surface area contributed by atoms with Crippen LogP contribution in [0.3, 0.4) is 0 Å². The first-order chi connectivity index (χ1) is 16.5. The maximum Gasteiger partial charge on any atom is 0.250 e. The summed E-state index contributed by atoms with van der Waals surface area (Å²) in [6, 6.07) is 1.40. The molecule has 9 nitrogen and oxygen atoms in total. The van der Waals surface area contributed by atoms with Crippen LogP contribution in [0, 0.1) is 11.7 Å². The van der Waals surface area contributed by atoms with Crippen LogP contribution in [-0.4, -0.2) is 80.6 Å². The summed E-state index contributed by atoms with van der Waals surface area (Å²) >= 11 is 0. The molecular weight excluding hydrogens is 439 g/mol. The molecule has 0 aromatic carbocycles. The fourth-order valence-corrected chi connectivity index (χ4v) is 5.03. The lowest BCUT2D eigenvalue weighted by Crippen LogP contribution is -2.29. The summed E-state index contributed by atoms with van der Waals surface area (Å²) in [4.78, 5) is 6.40. The number of hydrogen-bond acceptors (Lipinski definition) is 7. The van der Waals surface area contributed by atoms with Gasteiger partial charge in [-0.1, -0.05) is 0 Å². The Labute approximate surface area is 198 Å². The lowest BCUT2D eigenvalue weighted by Gasteiger charge is -2.17. The number of aliphatic hydroxyl groups is 1. The highest BCUT2D eigenvalue weighted by atomic mass is 19.1. The number of hydrogen-bond donors (Lipinski definition) is 1. The topological polar surface area (TPSA) is 90.5 Å². The van der Waals surface area contributed by atoms with Crippen molar-refractivity contribution in [3.05, 3.63) is 41.7 Å². The van der Waals surface area contributed by atoms with Gasteiger partial charge < -0.3 is 19.5 Å². The molecule has 0 aliphatic carbocycles. The Kier molecular flexibility index (Phi) is 6.62. The third kappa shape index (κ3) is 4.70. The number of methoxy groups -OCH3 is 1. The molecule has 0 unspecified atom stereocenters. The summed E-state index contributed by atoms with van der Waals surface area (Å²) in [6.07, 6.45) is 7.69. The molecule has 2 aliphatic heterocycles. The molecule has 2 atom stereocenters. The highest BCUT2D eigenvalue weighted by Gasteiger charge is 2.26. The molecule has 3 aromatic rings. The highest BCUT2D eigenvalue weighted by Crippen LogP contribution is 2.31. The molecule has 3 aromatic heterocycles. The van der Waals surface area contributed by atoms with Crippen LogP contribution in [0.5, 0.6) is 5.88 Å². The number of fused-ring (bicyclic) bond motifs is 1. The van der Waals surface area contributed by atoms with Crippen LogP contribution in [0.15, 0.2) is 24.7 Å². The van der Waals surface area contributed by atoms with Gasteiger partial charge in [0.1, 0.15) is 0 Å². The molecule has 1 saturated heterocycles. The third-order valence-electron chi connectivity index (χ3n) is 6.54. The molecule has 1 N–H and O–H groups in total. The molecule has 182 valence electrons. The van der Waals surface area contributed by atoms with Crippen molar-refractivity contribution in [2.24, 2.45) is 5.92 Å². The Morgan fingerprint density at radius 1 is 1.29 bits per heavy atom. The van der Waals surface area contributed by atoms with Crippen molar-refractivity contribution in [3.8, 4) is 22.8 Å². The number of nitrogens with zero attached hydrogens (tertiary/aromatic N) is 6. The zero-order chi connectivity index (χ0) is 23.7. The molecule has 2 aliphatic rings. The molecular formula is C24H31FN6O3. The minimum absolute atomic E-state index is 0.0363. The highest BCUT2D eigenvalue weighted by molar-refractivity contribution is 5.64. The van der Waals surface area contributed by atoms with E-state index >= 15 is 0 Å². The van der Waals surface area contributed by atoms with Gasteiger partial charge in [-0.2, -0.15) is 10.2 Å². The van der Waals surface area contributed by atoms with Crippen molar-refractivity contribution < 1.29 is 19.0 Å². The number of ether oxygens (including phenoxy) is 2. The van der Waals surface area contributed by atoms with Gasteiger partial charge in [-0.25, -0.2) is 14.1 Å². The summed E-state index contributed by atoms with van der Waals surface area (Å²) < 4.78 is 28.8. The predicted octanol–water partition coefficient (Wildman–Crippen LogP) is 2.10. The second-order valence-electron chi connectivity index (χ2n) is 9.20. The Morgan fingerprint density at radius 3 is 2.94 bits per heavy atom. The number of likely N-dealkylation sites (tertiary alicyclic amines) is 1. The van der Waals surface area contributed by atoms with Crippen LogP contribution in [-0.2, 0) is 24.1 Å². The normalized spacial score (nSPS) is 19.7. The van der Waals surface area contributed by atoms with E-state index < -0.39 is 5.82 Å². The average Bonchev–Trinajstić information content (AvgIpc) is 3.49. The Hall–Kier alpha value is -2.82. The molecule has 0 radical (unpaired) electrons. The lowest BCUT2D eigenvalue weighted by molar-refractivity contribution is 0.138. The molecule has 5 heterocycles. The van der Waals surface area contributed by atoms with E-state index in [-0.39, 0.29) is 12.0 Å². The van der Waals surface area contributed by atoms with Crippen LogP contribution in [0.25, 0.3) is 16.9 Å². The number of rotatable bonds is 7. The average molecular weight is 471 g/mol. The smallest absolute Gasteiger partial charge is 0.250 e. The molecule has 1 fully saturated rings. The van der Waals surface area contributed by atoms with E-state index in [1.165, 1.54) is 13.2 Å². The molecule has 0 saturated carbocycles. The second kappa shape index (κ2) is 9.81. The van der Waals surface area contributed by atoms with Gasteiger partial charge in [0.05, 0.1) is 55.9 Å². The van der Waals surface area contributed by atoms with E-state index in [4.69, 9.17) is 14.6 Å². The molecule has 10 heteroatoms. The van der Waals surface area contributed by atoms with E-state index in [1.807, 2.05) is 24.0 Å². The van der Waals surface area contributed by atoms with Crippen molar-refractivity contribution in [2.45, 2.75) is 38.8 Å². The number of β-amino-alcohol motifs (C(OH)–C–C–N with tert-alkyl or cyclic N) is 1. The fourth-order valence-electron chi connectivity index (χ4n) is 5.03. The number of halogens is 1. The first-order valence-electron chi connectivity index (χ1n) is 11.8. The standard InChI is InChI=1S/C24H31FN6O3/c1-16(32)12-29-6-3-17(13-29)14-30-15-18(10-27-30)23-20-4-7-34-8-5-22(20)31(28-23)19-9-21(25)24(33-2)26-11-19/h9-11,15-17,32H,3-8,12-14H2,1-2H3/t16-,17+/m0/s1. The SMILES string of the molecule is COc1ncc(-n2nc(-c3cnn(C[C@@H]4CCN(C[C@H](C)O)C4)c3)c3c2CCOCC3)cc1F. The quantitative estimate of drug-likeness (QED) is 0.566. The van der Waals surface area contributed by atoms with E-state index in [1.54, 1.807) is 10.9 Å². The van der Waals surface area contributed by atoms with Crippen molar-refractivity contribution in [1.29, 1.82) is 0 Å². The van der Waals surface area contributed by atoms with Crippen LogP contribution < -0.4 is 4.74 Å². The molecule has 34 heavy (non-hydrogen) atoms. The minimum Gasteiger partial charge on any atom is -0.479 e. The number of pyridine rings is 1. The van der Waals surface area contributed by atoms with Gasteiger partial charge in [-0.3, -0.25) is 4.68 Å². The van der Waals surface area contributed by atoms with Gasteiger partial charge in [0.25, 0.3) is 0 Å². The maximum atomic E-state index is 14.4. The summed E-state index contributed by atoms with van der Waals surface area (Å²) in [5, 5.41) is 19.2. The van der Waals surface area contributed by atoms with Gasteiger partial charge in [0.2, 0.25) is 5.88 Å². The van der Waals surface area contributed by atoms with Crippen molar-refractivity contribution in [2.75, 3.05) is 40.0 Å². The molecule has 0 bridgehead atoms. The van der Waals surface area contributed by atoms with Gasteiger partial charge >= 0.3 is 0 Å². The second-order valence-corrected chi connectivity index (χ2v) is 9.20. The monoisotopic (exact) mass is 470 g/mol. The van der Waals surface area contributed by atoms with Gasteiger partial charge in [-0.15, -0.1) is 0 Å². The molecule has 0 amide bonds. The maximum absolute atomic E-state index is 14.4. The summed E-state index contributed by atoms with van der Waals surface area (Å²) in [5.41, 5.74) is 4.47. The molecule has 5 rings (SSSR count). The van der Waals surface area contributed by atoms with E-state index in [0.717, 1.165) is 55.0 Å². The van der Waals surface area contributed by atoms with Gasteiger partial charge in [0, 0.05) is 49.4 Å². The third-order valence-corrected chi connectivity index (χ3v) is 6.54. The van der Waals surface area contributed by atoms with Gasteiger partial charge in [0.15, 0.2) is 5.82 Å². The number of aromatic nitrogens is 5. The Bertz CT molecular complexity index is 1140. The van der Waals surface area contributed by atoms with Crippen molar-refractivity contribution in [1.82, 2.24) is 29.4 Å². The van der Waals surface area contributed by atoms with Crippen LogP contribution in [0.1, 0.15) is 24.6 Å². The predicted molar refractivity (Wildman–Crippen MR) is 124 cm³/mol. The number of aliphatic hydroxyl groups excluding tert-OH is 1. The van der Waals surface area contributed by atoms with Crippen LogP contribution in [0.4, 0.5) is 4.39 Å². The fraction of sp³-hybridized carbons (Fsp3) is 0.542. The summed E-state index contributed by atoms with van der Waals surface area (Å²) in [7, 11) is 1.40. The Morgan fingerprint density at radius 2 is 2.15 bits per heavy atom. The zero-order valence-corrected chi connectivity index (χ0v) is 19.7. The zero-order valence-electron chi connectivity index (χ0n) is 19.7. The van der Waals surface area contributed by atoms with Crippen molar-refractivity contribution >= 4 is 0 Å². The summed E-state index contributed by atoms with van der Waals surface area (Å²) in [6.45, 7) is 6.57. The van der Waals surface area contributed by atoms with Crippen LogP contribution in [0.2, 0.25) is 0 Å². The minimum atomic E-state index is -0.523. The molecule has 0 spiro atoms. The largest absolute Gasteiger partial charge is 0.479 e. The van der Waals surface area contributed by atoms with Gasteiger partial charge in [-0.05, 0) is 32.2 Å².